The van der Waals surface area contributed by atoms with Crippen molar-refractivity contribution in [1.82, 2.24) is 0 Å². The second-order valence-corrected chi connectivity index (χ2v) is 14.3. The number of benzene rings is 8. The van der Waals surface area contributed by atoms with Gasteiger partial charge in [-0.2, -0.15) is 0 Å². The average Bonchev–Trinajstić information content (AvgIpc) is 3.34. The quantitative estimate of drug-likeness (QED) is 0.174. The van der Waals surface area contributed by atoms with Gasteiger partial charge in [0.05, 0.1) is 0 Å². The molecule has 1 aliphatic carbocycles. The van der Waals surface area contributed by atoms with Crippen molar-refractivity contribution in [3.8, 4) is 44.5 Å². The summed E-state index contributed by atoms with van der Waals surface area (Å²) in [5.41, 5.74) is 17.2. The molecule has 0 bridgehead atoms. The van der Waals surface area contributed by atoms with Gasteiger partial charge in [0, 0.05) is 5.41 Å². The van der Waals surface area contributed by atoms with Crippen molar-refractivity contribution in [3.63, 3.8) is 0 Å². The summed E-state index contributed by atoms with van der Waals surface area (Å²) in [6.07, 6.45) is 0. The van der Waals surface area contributed by atoms with Crippen LogP contribution < -0.4 is 0 Å². The Hall–Kier alpha value is -5.46. The molecule has 0 aliphatic heterocycles. The standard InChI is InChI=1S/C48H38/c1-29-24-37(25-30(2)31(29)3)47-40-16-9-8-15-39(40)46(36-21-23-45-42(28-36)38-14-10-11-17-44(38)48(45,4)5)43-27-35(20-22-41(43)47)34-19-18-32-12-6-7-13-33(32)26-34/h6-28H,1-5H3. The number of aryl methyl sites for hydroxylation is 2. The maximum Gasteiger partial charge on any atom is 0.0158 e. The van der Waals surface area contributed by atoms with Gasteiger partial charge in [-0.15, -0.1) is 0 Å². The molecule has 0 fully saturated rings. The second kappa shape index (κ2) is 10.5. The predicted molar refractivity (Wildman–Crippen MR) is 207 cm³/mol. The van der Waals surface area contributed by atoms with Crippen LogP contribution in [0.5, 0.6) is 0 Å². The monoisotopic (exact) mass is 614 g/mol. The van der Waals surface area contributed by atoms with Crippen molar-refractivity contribution in [2.75, 3.05) is 0 Å². The van der Waals surface area contributed by atoms with Gasteiger partial charge in [0.1, 0.15) is 0 Å². The van der Waals surface area contributed by atoms with Crippen molar-refractivity contribution in [1.29, 1.82) is 0 Å². The van der Waals surface area contributed by atoms with E-state index >= 15 is 0 Å². The molecule has 0 spiro atoms. The lowest BCUT2D eigenvalue weighted by Gasteiger charge is -2.22. The molecule has 0 aromatic heterocycles. The first-order chi connectivity index (χ1) is 23.3. The van der Waals surface area contributed by atoms with Gasteiger partial charge in [0.15, 0.2) is 0 Å². The molecule has 0 amide bonds. The zero-order valence-corrected chi connectivity index (χ0v) is 28.3. The zero-order valence-electron chi connectivity index (χ0n) is 28.3. The number of fused-ring (bicyclic) bond motifs is 6. The molecule has 0 radical (unpaired) electrons. The Labute approximate surface area is 283 Å². The molecule has 8 aromatic carbocycles. The fraction of sp³-hybridized carbons (Fsp3) is 0.125. The summed E-state index contributed by atoms with van der Waals surface area (Å²) in [5.74, 6) is 0. The molecule has 0 saturated carbocycles. The molecule has 0 heteroatoms. The average molecular weight is 615 g/mol. The summed E-state index contributed by atoms with van der Waals surface area (Å²) in [6.45, 7) is 11.4. The first kappa shape index (κ1) is 28.7. The maximum atomic E-state index is 2.46. The van der Waals surface area contributed by atoms with E-state index in [-0.39, 0.29) is 5.41 Å². The number of hydrogen-bond acceptors (Lipinski definition) is 0. The van der Waals surface area contributed by atoms with Crippen LogP contribution in [0.1, 0.15) is 41.7 Å². The Kier molecular flexibility index (Phi) is 6.30. The van der Waals surface area contributed by atoms with E-state index in [1.165, 1.54) is 105 Å². The Morgan fingerprint density at radius 3 is 1.71 bits per heavy atom. The summed E-state index contributed by atoms with van der Waals surface area (Å²) < 4.78 is 0. The highest BCUT2D eigenvalue weighted by Gasteiger charge is 2.35. The maximum absolute atomic E-state index is 2.46. The lowest BCUT2D eigenvalue weighted by atomic mass is 9.81. The van der Waals surface area contributed by atoms with Gasteiger partial charge >= 0.3 is 0 Å². The molecular weight excluding hydrogens is 577 g/mol. The van der Waals surface area contributed by atoms with Gasteiger partial charge in [-0.25, -0.2) is 0 Å². The third-order valence-corrected chi connectivity index (χ3v) is 11.2. The summed E-state index contributed by atoms with van der Waals surface area (Å²) in [7, 11) is 0. The molecule has 0 N–H and O–H groups in total. The Bertz CT molecular complexity index is 2590. The molecule has 48 heavy (non-hydrogen) atoms. The largest absolute Gasteiger partial charge is 0.0619 e. The molecule has 230 valence electrons. The van der Waals surface area contributed by atoms with Crippen LogP contribution in [0.25, 0.3) is 76.8 Å². The molecule has 0 saturated heterocycles. The first-order valence-corrected chi connectivity index (χ1v) is 17.1. The summed E-state index contributed by atoms with van der Waals surface area (Å²) >= 11 is 0. The van der Waals surface area contributed by atoms with Crippen molar-refractivity contribution in [2.45, 2.75) is 40.0 Å². The van der Waals surface area contributed by atoms with Gasteiger partial charge in [0.25, 0.3) is 0 Å². The van der Waals surface area contributed by atoms with Crippen LogP contribution in [0.3, 0.4) is 0 Å². The molecular formula is C48H38. The van der Waals surface area contributed by atoms with Gasteiger partial charge in [-0.3, -0.25) is 0 Å². The van der Waals surface area contributed by atoms with E-state index in [9.17, 15) is 0 Å². The molecule has 0 heterocycles. The van der Waals surface area contributed by atoms with Crippen molar-refractivity contribution in [3.05, 3.63) is 167 Å². The van der Waals surface area contributed by atoms with E-state index in [2.05, 4.69) is 174 Å². The topological polar surface area (TPSA) is 0 Å². The highest BCUT2D eigenvalue weighted by molar-refractivity contribution is 6.22. The van der Waals surface area contributed by atoms with Gasteiger partial charge in [0.2, 0.25) is 0 Å². The lowest BCUT2D eigenvalue weighted by Crippen LogP contribution is -2.14. The van der Waals surface area contributed by atoms with Crippen LogP contribution >= 0.6 is 0 Å². The third kappa shape index (κ3) is 4.22. The molecule has 8 aromatic rings. The second-order valence-electron chi connectivity index (χ2n) is 14.3. The van der Waals surface area contributed by atoms with Gasteiger partial charge in [-0.1, -0.05) is 135 Å². The molecule has 0 nitrogen and oxygen atoms in total. The smallest absolute Gasteiger partial charge is 0.0158 e. The van der Waals surface area contributed by atoms with Crippen LogP contribution in [0.15, 0.2) is 140 Å². The van der Waals surface area contributed by atoms with Crippen molar-refractivity contribution in [2.24, 2.45) is 0 Å². The van der Waals surface area contributed by atoms with Crippen LogP contribution in [-0.2, 0) is 5.41 Å². The molecule has 0 atom stereocenters. The van der Waals surface area contributed by atoms with Crippen molar-refractivity contribution >= 4 is 32.3 Å². The fourth-order valence-corrected chi connectivity index (χ4v) is 8.40. The predicted octanol–water partition coefficient (Wildman–Crippen LogP) is 13.4. The summed E-state index contributed by atoms with van der Waals surface area (Å²) in [5, 5.41) is 7.69. The minimum Gasteiger partial charge on any atom is -0.0619 e. The normalized spacial score (nSPS) is 13.3. The van der Waals surface area contributed by atoms with E-state index in [4.69, 9.17) is 0 Å². The van der Waals surface area contributed by atoms with Crippen LogP contribution in [-0.4, -0.2) is 0 Å². The van der Waals surface area contributed by atoms with E-state index in [0.29, 0.717) is 0 Å². The van der Waals surface area contributed by atoms with Crippen LogP contribution in [0.2, 0.25) is 0 Å². The highest BCUT2D eigenvalue weighted by atomic mass is 14.4. The molecule has 9 rings (SSSR count). The van der Waals surface area contributed by atoms with E-state index in [0.717, 1.165) is 0 Å². The van der Waals surface area contributed by atoms with Crippen molar-refractivity contribution < 1.29 is 0 Å². The van der Waals surface area contributed by atoms with Gasteiger partial charge < -0.3 is 0 Å². The Balaban J connectivity index is 1.39. The van der Waals surface area contributed by atoms with E-state index in [1.807, 2.05) is 0 Å². The summed E-state index contributed by atoms with van der Waals surface area (Å²) in [6, 6.07) is 52.6. The Morgan fingerprint density at radius 1 is 0.375 bits per heavy atom. The lowest BCUT2D eigenvalue weighted by molar-refractivity contribution is 0.660. The highest BCUT2D eigenvalue weighted by Crippen LogP contribution is 2.51. The molecule has 0 unspecified atom stereocenters. The minimum atomic E-state index is -0.0249. The first-order valence-electron chi connectivity index (χ1n) is 17.1. The van der Waals surface area contributed by atoms with E-state index < -0.39 is 0 Å². The number of rotatable bonds is 3. The van der Waals surface area contributed by atoms with Crippen LogP contribution in [0.4, 0.5) is 0 Å². The Morgan fingerprint density at radius 2 is 0.938 bits per heavy atom. The van der Waals surface area contributed by atoms with E-state index in [1.54, 1.807) is 0 Å². The van der Waals surface area contributed by atoms with Crippen LogP contribution in [0, 0.1) is 20.8 Å². The minimum absolute atomic E-state index is 0.0249. The fourth-order valence-electron chi connectivity index (χ4n) is 8.40. The molecule has 1 aliphatic rings. The SMILES string of the molecule is Cc1cc(-c2c3ccccc3c(-c3ccc4c(c3)-c3ccccc3C4(C)C)c3cc(-c4ccc5ccccc5c4)ccc23)cc(C)c1C. The van der Waals surface area contributed by atoms with Gasteiger partial charge in [-0.05, 0) is 144 Å². The number of hydrogen-bond donors (Lipinski definition) is 0. The summed E-state index contributed by atoms with van der Waals surface area (Å²) in [4.78, 5) is 0. The third-order valence-electron chi connectivity index (χ3n) is 11.2. The zero-order chi connectivity index (χ0) is 32.7.